The molecule has 1 aromatic carbocycles. The van der Waals surface area contributed by atoms with Crippen LogP contribution >= 0.6 is 12.2 Å². The Morgan fingerprint density at radius 3 is 2.83 bits per heavy atom. The van der Waals surface area contributed by atoms with Crippen LogP contribution in [-0.4, -0.2) is 27.7 Å². The number of rotatable bonds is 9. The van der Waals surface area contributed by atoms with Gasteiger partial charge in [-0.2, -0.15) is 14.9 Å². The fraction of sp³-hybridized carbons (Fsp3) is 0.471. The number of hydrogen-bond donors (Lipinski definition) is 1. The van der Waals surface area contributed by atoms with Crippen LogP contribution in [-0.2, 0) is 6.42 Å². The zero-order valence-corrected chi connectivity index (χ0v) is 14.6. The molecule has 6 heteroatoms. The van der Waals surface area contributed by atoms with Crippen molar-refractivity contribution in [2.75, 3.05) is 6.61 Å². The van der Waals surface area contributed by atoms with Gasteiger partial charge in [-0.25, -0.2) is 0 Å². The summed E-state index contributed by atoms with van der Waals surface area (Å²) < 4.78 is 8.02. The maximum absolute atomic E-state index is 5.82. The average Bonchev–Trinajstić information content (AvgIpc) is 2.92. The molecule has 0 amide bonds. The van der Waals surface area contributed by atoms with E-state index in [4.69, 9.17) is 17.0 Å². The molecular formula is C17H24N4OS. The minimum absolute atomic E-state index is 0.511. The van der Waals surface area contributed by atoms with E-state index in [9.17, 15) is 0 Å². The smallest absolute Gasteiger partial charge is 0.216 e. The van der Waals surface area contributed by atoms with E-state index < -0.39 is 0 Å². The van der Waals surface area contributed by atoms with Gasteiger partial charge in [0.1, 0.15) is 5.75 Å². The molecule has 23 heavy (non-hydrogen) atoms. The monoisotopic (exact) mass is 332 g/mol. The van der Waals surface area contributed by atoms with E-state index in [1.807, 2.05) is 24.3 Å². The van der Waals surface area contributed by atoms with Gasteiger partial charge in [-0.1, -0.05) is 38.8 Å². The number of H-pyrrole nitrogens is 1. The number of nitrogens with one attached hydrogen (secondary N) is 1. The summed E-state index contributed by atoms with van der Waals surface area (Å²) in [5.41, 5.74) is 0.938. The predicted octanol–water partition coefficient (Wildman–Crippen LogP) is 4.34. The van der Waals surface area contributed by atoms with E-state index in [1.165, 1.54) is 0 Å². The number of aryl methyl sites for hydroxylation is 1. The zero-order chi connectivity index (χ0) is 16.5. The first-order valence-electron chi connectivity index (χ1n) is 8.18. The Morgan fingerprint density at radius 2 is 2.04 bits per heavy atom. The standard InChI is InChI=1S/C17H24N4OS/c1-3-5-11-16-19-20-17(23)21(16)18-13-14-9-7-8-10-15(14)22-12-6-4-2/h7-10,13H,3-6,11-12H2,1-2H3,(H,20,23)/b18-13+. The van der Waals surface area contributed by atoms with Gasteiger partial charge in [0.2, 0.25) is 4.77 Å². The van der Waals surface area contributed by atoms with Crippen molar-refractivity contribution in [2.24, 2.45) is 5.10 Å². The Kier molecular flexibility index (Phi) is 7.00. The minimum Gasteiger partial charge on any atom is -0.493 e. The van der Waals surface area contributed by atoms with Crippen molar-refractivity contribution in [3.05, 3.63) is 40.4 Å². The summed E-state index contributed by atoms with van der Waals surface area (Å²) in [6.07, 6.45) is 6.96. The summed E-state index contributed by atoms with van der Waals surface area (Å²) in [4.78, 5) is 0. The molecule has 124 valence electrons. The van der Waals surface area contributed by atoms with Crippen molar-refractivity contribution in [2.45, 2.75) is 46.0 Å². The number of aromatic amines is 1. The Bertz CT molecular complexity index is 690. The van der Waals surface area contributed by atoms with Crippen LogP contribution in [0.25, 0.3) is 0 Å². The van der Waals surface area contributed by atoms with Crippen LogP contribution in [0.5, 0.6) is 5.75 Å². The molecule has 0 unspecified atom stereocenters. The first-order chi connectivity index (χ1) is 11.3. The molecular weight excluding hydrogens is 308 g/mol. The van der Waals surface area contributed by atoms with E-state index >= 15 is 0 Å². The highest BCUT2D eigenvalue weighted by Crippen LogP contribution is 2.16. The Balaban J connectivity index is 2.17. The number of aromatic nitrogens is 3. The molecule has 0 radical (unpaired) electrons. The second kappa shape index (κ2) is 9.25. The van der Waals surface area contributed by atoms with Crippen molar-refractivity contribution < 1.29 is 4.74 Å². The van der Waals surface area contributed by atoms with Gasteiger partial charge in [-0.15, -0.1) is 0 Å². The number of para-hydroxylation sites is 1. The van der Waals surface area contributed by atoms with Crippen LogP contribution in [0.3, 0.4) is 0 Å². The summed E-state index contributed by atoms with van der Waals surface area (Å²) in [7, 11) is 0. The van der Waals surface area contributed by atoms with E-state index in [0.717, 1.165) is 49.2 Å². The van der Waals surface area contributed by atoms with Crippen molar-refractivity contribution in [3.8, 4) is 5.75 Å². The highest BCUT2D eigenvalue weighted by Gasteiger charge is 2.05. The molecule has 0 aliphatic heterocycles. The number of unbranched alkanes of at least 4 members (excludes halogenated alkanes) is 2. The number of hydrogen-bond acceptors (Lipinski definition) is 4. The van der Waals surface area contributed by atoms with Gasteiger partial charge >= 0.3 is 0 Å². The quantitative estimate of drug-likeness (QED) is 0.422. The molecule has 1 aromatic heterocycles. The second-order valence-electron chi connectivity index (χ2n) is 5.34. The summed E-state index contributed by atoms with van der Waals surface area (Å²) in [5.74, 6) is 1.70. The summed E-state index contributed by atoms with van der Waals surface area (Å²) in [6, 6.07) is 7.89. The van der Waals surface area contributed by atoms with Crippen molar-refractivity contribution >= 4 is 18.4 Å². The lowest BCUT2D eigenvalue weighted by molar-refractivity contribution is 0.309. The predicted molar refractivity (Wildman–Crippen MR) is 95.9 cm³/mol. The lowest BCUT2D eigenvalue weighted by Gasteiger charge is -2.08. The summed E-state index contributed by atoms with van der Waals surface area (Å²) in [6.45, 7) is 5.02. The third kappa shape index (κ3) is 5.03. The molecule has 0 atom stereocenters. The molecule has 1 heterocycles. The molecule has 0 spiro atoms. The SMILES string of the molecule is CCCCOc1ccccc1/C=N/n1c(CCCC)n[nH]c1=S. The van der Waals surface area contributed by atoms with Crippen LogP contribution in [0, 0.1) is 4.77 Å². The molecule has 0 saturated heterocycles. The van der Waals surface area contributed by atoms with Crippen LogP contribution in [0.15, 0.2) is 29.4 Å². The van der Waals surface area contributed by atoms with Crippen LogP contribution in [0.1, 0.15) is 50.9 Å². The van der Waals surface area contributed by atoms with Gasteiger partial charge in [0, 0.05) is 12.0 Å². The fourth-order valence-electron chi connectivity index (χ4n) is 2.11. The molecule has 0 bridgehead atoms. The van der Waals surface area contributed by atoms with Crippen molar-refractivity contribution in [1.29, 1.82) is 0 Å². The average molecular weight is 332 g/mol. The lowest BCUT2D eigenvalue weighted by atomic mass is 10.2. The van der Waals surface area contributed by atoms with Gasteiger partial charge in [0.05, 0.1) is 12.8 Å². The van der Waals surface area contributed by atoms with Gasteiger partial charge in [-0.3, -0.25) is 5.10 Å². The molecule has 0 saturated carbocycles. The van der Waals surface area contributed by atoms with Gasteiger partial charge in [-0.05, 0) is 37.2 Å². The second-order valence-corrected chi connectivity index (χ2v) is 5.73. The molecule has 2 rings (SSSR count). The van der Waals surface area contributed by atoms with Crippen molar-refractivity contribution in [1.82, 2.24) is 14.9 Å². The minimum atomic E-state index is 0.511. The first-order valence-corrected chi connectivity index (χ1v) is 8.59. The largest absolute Gasteiger partial charge is 0.493 e. The third-order valence-electron chi connectivity index (χ3n) is 3.46. The molecule has 2 aromatic rings. The highest BCUT2D eigenvalue weighted by atomic mass is 32.1. The normalized spacial score (nSPS) is 11.2. The van der Waals surface area contributed by atoms with E-state index in [1.54, 1.807) is 10.9 Å². The van der Waals surface area contributed by atoms with Crippen molar-refractivity contribution in [3.63, 3.8) is 0 Å². The molecule has 5 nitrogen and oxygen atoms in total. The maximum Gasteiger partial charge on any atom is 0.216 e. The molecule has 1 N–H and O–H groups in total. The Hall–Kier alpha value is -1.95. The van der Waals surface area contributed by atoms with E-state index in [-0.39, 0.29) is 0 Å². The summed E-state index contributed by atoms with van der Waals surface area (Å²) >= 11 is 5.26. The van der Waals surface area contributed by atoms with Crippen LogP contribution in [0.4, 0.5) is 0 Å². The Morgan fingerprint density at radius 1 is 1.26 bits per heavy atom. The molecule has 0 aliphatic rings. The first kappa shape index (κ1) is 17.4. The van der Waals surface area contributed by atoms with Crippen LogP contribution < -0.4 is 4.74 Å². The van der Waals surface area contributed by atoms with Gasteiger partial charge in [0.15, 0.2) is 5.82 Å². The molecule has 0 aliphatic carbocycles. The number of ether oxygens (including phenoxy) is 1. The fourth-order valence-corrected chi connectivity index (χ4v) is 2.30. The third-order valence-corrected chi connectivity index (χ3v) is 3.72. The number of nitrogens with zero attached hydrogens (tertiary/aromatic N) is 3. The zero-order valence-electron chi connectivity index (χ0n) is 13.8. The van der Waals surface area contributed by atoms with E-state index in [0.29, 0.717) is 11.4 Å². The summed E-state index contributed by atoms with van der Waals surface area (Å²) in [5, 5.41) is 11.6. The lowest BCUT2D eigenvalue weighted by Crippen LogP contribution is -2.02. The highest BCUT2D eigenvalue weighted by molar-refractivity contribution is 7.71. The maximum atomic E-state index is 5.82. The number of benzene rings is 1. The van der Waals surface area contributed by atoms with Crippen LogP contribution in [0.2, 0.25) is 0 Å². The van der Waals surface area contributed by atoms with Gasteiger partial charge in [0.25, 0.3) is 0 Å². The Labute approximate surface area is 142 Å². The molecule has 0 fully saturated rings. The van der Waals surface area contributed by atoms with E-state index in [2.05, 4.69) is 29.1 Å². The van der Waals surface area contributed by atoms with Gasteiger partial charge < -0.3 is 4.74 Å². The topological polar surface area (TPSA) is 55.2 Å².